The number of anilines is 1. The Hall–Kier alpha value is -3.78. The summed E-state index contributed by atoms with van der Waals surface area (Å²) >= 11 is 1.61. The number of thiazole rings is 1. The van der Waals surface area contributed by atoms with Crippen molar-refractivity contribution in [2.45, 2.75) is 38.3 Å². The maximum absolute atomic E-state index is 13.3. The van der Waals surface area contributed by atoms with Crippen molar-refractivity contribution in [2.24, 2.45) is 0 Å². The molecule has 2 aliphatic rings. The summed E-state index contributed by atoms with van der Waals surface area (Å²) in [5.74, 6) is -0.848. The van der Waals surface area contributed by atoms with E-state index in [1.807, 2.05) is 24.3 Å². The number of aromatic nitrogens is 1. The molecule has 2 fully saturated rings. The van der Waals surface area contributed by atoms with Gasteiger partial charge in [-0.05, 0) is 73.9 Å². The third-order valence-corrected chi connectivity index (χ3v) is 7.35. The second-order valence-electron chi connectivity index (χ2n) is 8.75. The van der Waals surface area contributed by atoms with E-state index >= 15 is 0 Å². The number of benzene rings is 2. The number of amides is 3. The number of fused-ring (bicyclic) bond motifs is 1. The van der Waals surface area contributed by atoms with Crippen LogP contribution in [0.2, 0.25) is 0 Å². The number of carbonyl (C=O) groups excluding carboxylic acids is 3. The molecule has 1 saturated carbocycles. The maximum Gasteiger partial charge on any atom is 0.290 e. The monoisotopic (exact) mass is 471 g/mol. The molecule has 2 aromatic heterocycles. The molecule has 3 heterocycles. The highest BCUT2D eigenvalue weighted by atomic mass is 32.1. The van der Waals surface area contributed by atoms with Gasteiger partial charge in [0.05, 0.1) is 28.6 Å². The highest BCUT2D eigenvalue weighted by molar-refractivity contribution is 7.21. The molecule has 0 N–H and O–H groups in total. The molecule has 4 aromatic rings. The van der Waals surface area contributed by atoms with E-state index in [1.54, 1.807) is 35.6 Å². The van der Waals surface area contributed by atoms with E-state index in [-0.39, 0.29) is 35.9 Å². The molecule has 0 radical (unpaired) electrons. The summed E-state index contributed by atoms with van der Waals surface area (Å²) in [5.41, 5.74) is 3.55. The van der Waals surface area contributed by atoms with E-state index in [9.17, 15) is 14.4 Å². The fraction of sp³-hybridized carbons (Fsp3) is 0.231. The van der Waals surface area contributed by atoms with E-state index in [0.717, 1.165) is 33.6 Å². The molecule has 2 aromatic carbocycles. The van der Waals surface area contributed by atoms with Crippen molar-refractivity contribution in [1.82, 2.24) is 9.88 Å². The summed E-state index contributed by atoms with van der Waals surface area (Å²) in [7, 11) is 0. The van der Waals surface area contributed by atoms with Crippen LogP contribution in [-0.4, -0.2) is 39.7 Å². The average Bonchev–Trinajstić information content (AvgIpc) is 3.22. The van der Waals surface area contributed by atoms with E-state index in [1.165, 1.54) is 21.6 Å². The number of furan rings is 1. The van der Waals surface area contributed by atoms with Gasteiger partial charge in [-0.2, -0.15) is 0 Å². The van der Waals surface area contributed by atoms with Crippen LogP contribution >= 0.6 is 11.3 Å². The molecule has 1 aliphatic heterocycles. The smallest absolute Gasteiger partial charge is 0.290 e. The molecule has 6 rings (SSSR count). The normalized spacial score (nSPS) is 18.1. The first kappa shape index (κ1) is 20.8. The molecule has 0 spiro atoms. The lowest BCUT2D eigenvalue weighted by molar-refractivity contribution is -0.122. The zero-order chi connectivity index (χ0) is 23.4. The van der Waals surface area contributed by atoms with Crippen molar-refractivity contribution in [3.8, 4) is 10.6 Å². The first-order valence-electron chi connectivity index (χ1n) is 11.2. The molecular weight excluding hydrogens is 450 g/mol. The zero-order valence-corrected chi connectivity index (χ0v) is 19.2. The van der Waals surface area contributed by atoms with Crippen LogP contribution in [0.1, 0.15) is 35.4 Å². The zero-order valence-electron chi connectivity index (χ0n) is 18.4. The van der Waals surface area contributed by atoms with Crippen molar-refractivity contribution in [1.29, 1.82) is 0 Å². The number of rotatable bonds is 5. The minimum Gasteiger partial charge on any atom is -0.459 e. The van der Waals surface area contributed by atoms with Gasteiger partial charge >= 0.3 is 0 Å². The second kappa shape index (κ2) is 7.92. The Morgan fingerprint density at radius 1 is 1.12 bits per heavy atom. The quantitative estimate of drug-likeness (QED) is 0.391. The van der Waals surface area contributed by atoms with E-state index < -0.39 is 6.04 Å². The maximum atomic E-state index is 13.3. The fourth-order valence-electron chi connectivity index (χ4n) is 4.45. The van der Waals surface area contributed by atoms with Crippen LogP contribution in [-0.2, 0) is 9.59 Å². The third-order valence-electron chi connectivity index (χ3n) is 6.28. The van der Waals surface area contributed by atoms with Gasteiger partial charge in [-0.15, -0.1) is 11.3 Å². The van der Waals surface area contributed by atoms with Crippen LogP contribution in [0.4, 0.5) is 5.69 Å². The van der Waals surface area contributed by atoms with Gasteiger partial charge < -0.3 is 9.32 Å². The summed E-state index contributed by atoms with van der Waals surface area (Å²) in [6.45, 7) is 2.05. The molecule has 8 heteroatoms. The topological polar surface area (TPSA) is 83.7 Å². The number of aryl methyl sites for hydroxylation is 1. The van der Waals surface area contributed by atoms with Gasteiger partial charge in [0.25, 0.3) is 11.8 Å². The Morgan fingerprint density at radius 2 is 1.91 bits per heavy atom. The molecule has 34 heavy (non-hydrogen) atoms. The van der Waals surface area contributed by atoms with Gasteiger partial charge in [-0.1, -0.05) is 6.07 Å². The van der Waals surface area contributed by atoms with Crippen LogP contribution < -0.4 is 4.90 Å². The molecule has 1 aliphatic carbocycles. The van der Waals surface area contributed by atoms with Crippen LogP contribution in [0.25, 0.3) is 20.8 Å². The highest BCUT2D eigenvalue weighted by Crippen LogP contribution is 2.36. The Bertz CT molecular complexity index is 1420. The van der Waals surface area contributed by atoms with Crippen LogP contribution in [0.5, 0.6) is 0 Å². The van der Waals surface area contributed by atoms with Gasteiger partial charge in [-0.3, -0.25) is 14.4 Å². The molecule has 7 nitrogen and oxygen atoms in total. The Kier molecular flexibility index (Phi) is 4.84. The number of carbonyl (C=O) groups is 3. The van der Waals surface area contributed by atoms with Crippen molar-refractivity contribution >= 4 is 45.0 Å². The summed E-state index contributed by atoms with van der Waals surface area (Å²) in [4.78, 5) is 46.7. The summed E-state index contributed by atoms with van der Waals surface area (Å²) < 4.78 is 6.38. The predicted molar refractivity (Wildman–Crippen MR) is 129 cm³/mol. The first-order chi connectivity index (χ1) is 16.5. The van der Waals surface area contributed by atoms with Gasteiger partial charge in [0.15, 0.2) is 5.76 Å². The molecule has 3 amide bonds. The Morgan fingerprint density at radius 3 is 2.62 bits per heavy atom. The van der Waals surface area contributed by atoms with Crippen LogP contribution in [0, 0.1) is 6.92 Å². The van der Waals surface area contributed by atoms with Crippen LogP contribution in [0.3, 0.4) is 0 Å². The van der Waals surface area contributed by atoms with Gasteiger partial charge in [-0.25, -0.2) is 9.88 Å². The number of nitrogens with zero attached hydrogens (tertiary/aromatic N) is 3. The van der Waals surface area contributed by atoms with E-state index in [0.29, 0.717) is 5.69 Å². The summed E-state index contributed by atoms with van der Waals surface area (Å²) in [5, 5.41) is 0.882. The third kappa shape index (κ3) is 3.51. The van der Waals surface area contributed by atoms with Crippen molar-refractivity contribution < 1.29 is 18.8 Å². The molecule has 170 valence electrons. The van der Waals surface area contributed by atoms with Crippen molar-refractivity contribution in [3.63, 3.8) is 0 Å². The van der Waals surface area contributed by atoms with Gasteiger partial charge in [0.2, 0.25) is 5.91 Å². The van der Waals surface area contributed by atoms with Crippen molar-refractivity contribution in [2.75, 3.05) is 4.90 Å². The minimum atomic E-state index is -0.815. The Balaban J connectivity index is 1.26. The number of hydrogen-bond acceptors (Lipinski definition) is 6. The molecule has 1 saturated heterocycles. The first-order valence-corrected chi connectivity index (χ1v) is 12.0. The molecular formula is C26H21N3O4S. The SMILES string of the molecule is Cc1ccc2nc(-c3ccc(N4C(=O)CC(N(C(=O)c5ccco5)C5CC5)C4=O)cc3)sc2c1. The molecule has 0 bridgehead atoms. The van der Waals surface area contributed by atoms with Gasteiger partial charge in [0.1, 0.15) is 11.0 Å². The lowest BCUT2D eigenvalue weighted by Gasteiger charge is -2.26. The van der Waals surface area contributed by atoms with E-state index in [2.05, 4.69) is 13.0 Å². The average molecular weight is 472 g/mol. The van der Waals surface area contributed by atoms with E-state index in [4.69, 9.17) is 9.40 Å². The Labute approximate surface area is 199 Å². The summed E-state index contributed by atoms with van der Waals surface area (Å²) in [6, 6.07) is 15.8. The van der Waals surface area contributed by atoms with Crippen molar-refractivity contribution in [3.05, 3.63) is 72.2 Å². The molecule has 1 unspecified atom stereocenters. The second-order valence-corrected chi connectivity index (χ2v) is 9.78. The number of hydrogen-bond donors (Lipinski definition) is 0. The van der Waals surface area contributed by atoms with Gasteiger partial charge in [0, 0.05) is 11.6 Å². The number of imide groups is 1. The fourth-order valence-corrected chi connectivity index (χ4v) is 5.52. The lowest BCUT2D eigenvalue weighted by atomic mass is 10.2. The lowest BCUT2D eigenvalue weighted by Crippen LogP contribution is -2.46. The summed E-state index contributed by atoms with van der Waals surface area (Å²) in [6.07, 6.45) is 3.04. The molecule has 1 atom stereocenters. The highest BCUT2D eigenvalue weighted by Gasteiger charge is 2.49. The predicted octanol–water partition coefficient (Wildman–Crippen LogP) is 4.80. The van der Waals surface area contributed by atoms with Crippen LogP contribution in [0.15, 0.2) is 65.3 Å². The largest absolute Gasteiger partial charge is 0.459 e. The standard InChI is InChI=1S/C26H21N3O4S/c1-15-4-11-19-22(13-15)34-24(27-19)16-5-7-18(8-6-16)29-23(30)14-20(25(29)31)28(17-9-10-17)26(32)21-3-2-12-33-21/h2-8,11-13,17,20H,9-10,14H2,1H3. The minimum absolute atomic E-state index is 0.0270.